The summed E-state index contributed by atoms with van der Waals surface area (Å²) < 4.78 is 46.5. The number of aliphatic hydroxyl groups excluding tert-OH is 1. The van der Waals surface area contributed by atoms with Crippen LogP contribution in [0, 0.1) is 5.82 Å². The molecule has 7 nitrogen and oxygen atoms in total. The van der Waals surface area contributed by atoms with E-state index < -0.39 is 40.7 Å². The largest absolute Gasteiger partial charge is 0.394 e. The van der Waals surface area contributed by atoms with E-state index in [9.17, 15) is 22.7 Å². The SMILES string of the molecule is O=C(C[C@H]1C=C[C@@H](NS(=O)(=O)c2ccc(F)cc2)[C@H](CO)O1)N1CCc2ccccc2C1. The summed E-state index contributed by atoms with van der Waals surface area (Å²) in [6.07, 6.45) is 2.72. The third kappa shape index (κ3) is 5.07. The van der Waals surface area contributed by atoms with Crippen LogP contribution in [0.2, 0.25) is 0 Å². The summed E-state index contributed by atoms with van der Waals surface area (Å²) in [5.74, 6) is -0.598. The molecule has 0 aromatic heterocycles. The fourth-order valence-electron chi connectivity index (χ4n) is 3.98. The summed E-state index contributed by atoms with van der Waals surface area (Å²) in [5, 5.41) is 9.74. The highest BCUT2D eigenvalue weighted by Gasteiger charge is 2.32. The molecule has 0 unspecified atom stereocenters. The van der Waals surface area contributed by atoms with Crippen molar-refractivity contribution in [2.24, 2.45) is 0 Å². The first-order valence-corrected chi connectivity index (χ1v) is 11.9. The summed E-state index contributed by atoms with van der Waals surface area (Å²) >= 11 is 0. The molecular formula is C23H25FN2O5S. The van der Waals surface area contributed by atoms with E-state index in [1.807, 2.05) is 18.2 Å². The lowest BCUT2D eigenvalue weighted by Gasteiger charge is -2.33. The van der Waals surface area contributed by atoms with Gasteiger partial charge in [0.1, 0.15) is 11.9 Å². The highest BCUT2D eigenvalue weighted by molar-refractivity contribution is 7.89. The number of hydrogen-bond acceptors (Lipinski definition) is 5. The molecule has 32 heavy (non-hydrogen) atoms. The van der Waals surface area contributed by atoms with Gasteiger partial charge in [-0.2, -0.15) is 0 Å². The number of sulfonamides is 1. The zero-order valence-corrected chi connectivity index (χ0v) is 18.2. The number of hydrogen-bond donors (Lipinski definition) is 2. The molecule has 2 N–H and O–H groups in total. The van der Waals surface area contributed by atoms with Crippen molar-refractivity contribution in [1.29, 1.82) is 0 Å². The number of carbonyl (C=O) groups is 1. The van der Waals surface area contributed by atoms with Crippen LogP contribution in [0.4, 0.5) is 4.39 Å². The Morgan fingerprint density at radius 2 is 1.84 bits per heavy atom. The van der Waals surface area contributed by atoms with Gasteiger partial charge in [0.25, 0.3) is 0 Å². The van der Waals surface area contributed by atoms with Crippen LogP contribution < -0.4 is 4.72 Å². The normalized spacial score (nSPS) is 23.1. The molecule has 1 amide bonds. The van der Waals surface area contributed by atoms with Crippen LogP contribution in [-0.2, 0) is 32.5 Å². The molecule has 2 aliphatic heterocycles. The Kier molecular flexibility index (Phi) is 6.71. The Labute approximate surface area is 186 Å². The van der Waals surface area contributed by atoms with Crippen LogP contribution in [0.25, 0.3) is 0 Å². The molecule has 0 saturated heterocycles. The minimum absolute atomic E-state index is 0.0591. The molecule has 0 aliphatic carbocycles. The minimum atomic E-state index is -3.94. The molecule has 4 rings (SSSR count). The highest BCUT2D eigenvalue weighted by atomic mass is 32.2. The van der Waals surface area contributed by atoms with Crippen molar-refractivity contribution in [2.75, 3.05) is 13.2 Å². The monoisotopic (exact) mass is 460 g/mol. The highest BCUT2D eigenvalue weighted by Crippen LogP contribution is 2.22. The van der Waals surface area contributed by atoms with Crippen LogP contribution in [0.15, 0.2) is 65.6 Å². The zero-order chi connectivity index (χ0) is 22.7. The summed E-state index contributed by atoms with van der Waals surface area (Å²) in [6.45, 7) is 0.757. The first-order valence-electron chi connectivity index (χ1n) is 10.4. The average molecular weight is 461 g/mol. The molecule has 9 heteroatoms. The first kappa shape index (κ1) is 22.6. The van der Waals surface area contributed by atoms with Gasteiger partial charge in [0.05, 0.1) is 30.1 Å². The smallest absolute Gasteiger partial charge is 0.241 e. The maximum absolute atomic E-state index is 13.1. The van der Waals surface area contributed by atoms with Crippen LogP contribution >= 0.6 is 0 Å². The molecule has 2 heterocycles. The van der Waals surface area contributed by atoms with E-state index >= 15 is 0 Å². The maximum atomic E-state index is 13.1. The van der Waals surface area contributed by atoms with Gasteiger partial charge >= 0.3 is 0 Å². The van der Waals surface area contributed by atoms with Crippen molar-refractivity contribution >= 4 is 15.9 Å². The standard InChI is InChI=1S/C23H25FN2O5S/c24-18-5-8-20(9-6-18)32(29,30)25-21-10-7-19(31-22(21)15-27)13-23(28)26-12-11-16-3-1-2-4-17(16)14-26/h1-10,19,21-22,25,27H,11-15H2/t19-,21-,22+/m1/s1. The third-order valence-corrected chi connectivity index (χ3v) is 7.21. The first-order chi connectivity index (χ1) is 15.4. The number of nitrogens with one attached hydrogen (secondary N) is 1. The molecule has 0 bridgehead atoms. The summed E-state index contributed by atoms with van der Waals surface area (Å²) in [5.41, 5.74) is 2.39. The molecule has 0 fully saturated rings. The summed E-state index contributed by atoms with van der Waals surface area (Å²) in [4.78, 5) is 14.5. The van der Waals surface area contributed by atoms with Crippen LogP contribution in [0.3, 0.4) is 0 Å². The van der Waals surface area contributed by atoms with Crippen molar-refractivity contribution in [3.05, 3.63) is 77.6 Å². The van der Waals surface area contributed by atoms with Gasteiger partial charge in [-0.15, -0.1) is 0 Å². The number of ether oxygens (including phenoxy) is 1. The second-order valence-electron chi connectivity index (χ2n) is 7.92. The Balaban J connectivity index is 1.39. The Hall–Kier alpha value is -2.59. The molecule has 2 aromatic rings. The molecule has 2 aliphatic rings. The van der Waals surface area contributed by atoms with Crippen molar-refractivity contribution in [1.82, 2.24) is 9.62 Å². The van der Waals surface area contributed by atoms with Crippen LogP contribution in [0.5, 0.6) is 0 Å². The number of amides is 1. The summed E-state index contributed by atoms with van der Waals surface area (Å²) in [6, 6.07) is 11.7. The van der Waals surface area contributed by atoms with E-state index in [4.69, 9.17) is 4.74 Å². The quantitative estimate of drug-likeness (QED) is 0.641. The molecule has 0 radical (unpaired) electrons. The lowest BCUT2D eigenvalue weighted by molar-refractivity contribution is -0.136. The fraction of sp³-hybridized carbons (Fsp3) is 0.348. The number of benzene rings is 2. The van der Waals surface area contributed by atoms with Crippen molar-refractivity contribution in [2.45, 2.75) is 42.5 Å². The van der Waals surface area contributed by atoms with Gasteiger partial charge < -0.3 is 14.7 Å². The van der Waals surface area contributed by atoms with Crippen molar-refractivity contribution < 1.29 is 27.4 Å². The third-order valence-electron chi connectivity index (χ3n) is 5.74. The van der Waals surface area contributed by atoms with E-state index in [0.717, 1.165) is 36.2 Å². The maximum Gasteiger partial charge on any atom is 0.241 e. The Bertz CT molecular complexity index is 1100. The Morgan fingerprint density at radius 3 is 2.56 bits per heavy atom. The van der Waals surface area contributed by atoms with E-state index in [2.05, 4.69) is 10.8 Å². The van der Waals surface area contributed by atoms with Crippen molar-refractivity contribution in [3.63, 3.8) is 0 Å². The fourth-order valence-corrected chi connectivity index (χ4v) is 5.20. The predicted octanol–water partition coefficient (Wildman–Crippen LogP) is 1.76. The molecule has 2 aromatic carbocycles. The lowest BCUT2D eigenvalue weighted by Crippen LogP contribution is -2.49. The number of rotatable bonds is 6. The van der Waals surface area contributed by atoms with Gasteiger partial charge in [-0.05, 0) is 41.8 Å². The number of halogens is 1. The van der Waals surface area contributed by atoms with Gasteiger partial charge in [0, 0.05) is 13.1 Å². The molecule has 170 valence electrons. The van der Waals surface area contributed by atoms with Crippen LogP contribution in [0.1, 0.15) is 17.5 Å². The van der Waals surface area contributed by atoms with E-state index in [1.54, 1.807) is 17.1 Å². The Morgan fingerprint density at radius 1 is 1.12 bits per heavy atom. The van der Waals surface area contributed by atoms with Gasteiger partial charge in [0.15, 0.2) is 0 Å². The average Bonchev–Trinajstić information content (AvgIpc) is 2.79. The number of carbonyl (C=O) groups excluding carboxylic acids is 1. The predicted molar refractivity (Wildman–Crippen MR) is 116 cm³/mol. The molecule has 3 atom stereocenters. The van der Waals surface area contributed by atoms with Gasteiger partial charge in [-0.3, -0.25) is 4.79 Å². The second-order valence-corrected chi connectivity index (χ2v) is 9.63. The van der Waals surface area contributed by atoms with Gasteiger partial charge in [0.2, 0.25) is 15.9 Å². The number of fused-ring (bicyclic) bond motifs is 1. The zero-order valence-electron chi connectivity index (χ0n) is 17.4. The van der Waals surface area contributed by atoms with E-state index in [1.165, 1.54) is 5.56 Å². The molecular weight excluding hydrogens is 435 g/mol. The topological polar surface area (TPSA) is 95.9 Å². The van der Waals surface area contributed by atoms with E-state index in [-0.39, 0.29) is 17.2 Å². The number of aliphatic hydroxyl groups is 1. The van der Waals surface area contributed by atoms with E-state index in [0.29, 0.717) is 13.1 Å². The summed E-state index contributed by atoms with van der Waals surface area (Å²) in [7, 11) is -3.94. The molecule has 0 spiro atoms. The molecule has 0 saturated carbocycles. The minimum Gasteiger partial charge on any atom is -0.394 e. The number of nitrogens with zero attached hydrogens (tertiary/aromatic N) is 1. The van der Waals surface area contributed by atoms with Crippen molar-refractivity contribution in [3.8, 4) is 0 Å². The van der Waals surface area contributed by atoms with Gasteiger partial charge in [-0.25, -0.2) is 17.5 Å². The lowest BCUT2D eigenvalue weighted by atomic mass is 9.99. The second kappa shape index (κ2) is 9.50. The van der Waals surface area contributed by atoms with Crippen LogP contribution in [-0.4, -0.2) is 55.7 Å². The van der Waals surface area contributed by atoms with Gasteiger partial charge in [-0.1, -0.05) is 36.4 Å².